The van der Waals surface area contributed by atoms with E-state index in [1.54, 1.807) is 11.8 Å². The van der Waals surface area contributed by atoms with Gasteiger partial charge in [0.05, 0.1) is 12.0 Å². The van der Waals surface area contributed by atoms with E-state index in [9.17, 15) is 4.79 Å². The number of carbonyl (C=O) groups is 1. The number of hydrogen-bond acceptors (Lipinski definition) is 4. The summed E-state index contributed by atoms with van der Waals surface area (Å²) in [5.74, 6) is 1.07. The maximum Gasteiger partial charge on any atom is 0.231 e. The molecule has 0 radical (unpaired) electrons. The summed E-state index contributed by atoms with van der Waals surface area (Å²) < 4.78 is 0. The van der Waals surface area contributed by atoms with Crippen molar-refractivity contribution in [3.8, 4) is 0 Å². The van der Waals surface area contributed by atoms with Crippen LogP contribution in [0.4, 0.5) is 0 Å². The summed E-state index contributed by atoms with van der Waals surface area (Å²) in [5.41, 5.74) is 3.55. The van der Waals surface area contributed by atoms with E-state index in [1.165, 1.54) is 24.0 Å². The summed E-state index contributed by atoms with van der Waals surface area (Å²) >= 11 is 1.62. The van der Waals surface area contributed by atoms with Gasteiger partial charge in [0.2, 0.25) is 5.91 Å². The first-order valence-corrected chi connectivity index (χ1v) is 9.06. The molecule has 1 N–H and O–H groups in total. The third kappa shape index (κ3) is 3.35. The normalized spacial score (nSPS) is 25.0. The average Bonchev–Trinajstić information content (AvgIpc) is 2.72. The van der Waals surface area contributed by atoms with Gasteiger partial charge in [0.25, 0.3) is 0 Å². The number of pyridine rings is 1. The number of hydrogen-bond donors (Lipinski definition) is 1. The Kier molecular flexibility index (Phi) is 4.81. The molecule has 2 aliphatic rings. The molecule has 0 saturated heterocycles. The van der Waals surface area contributed by atoms with E-state index in [0.29, 0.717) is 0 Å². The van der Waals surface area contributed by atoms with Crippen LogP contribution in [0.2, 0.25) is 0 Å². The van der Waals surface area contributed by atoms with Gasteiger partial charge in [-0.3, -0.25) is 14.8 Å². The summed E-state index contributed by atoms with van der Waals surface area (Å²) in [6.07, 6.45) is 7.45. The van der Waals surface area contributed by atoms with E-state index >= 15 is 0 Å². The molecule has 1 amide bonds. The predicted octanol–water partition coefficient (Wildman–Crippen LogP) is 3.37. The fraction of sp³-hybridized carbons (Fsp3) is 0.588. The van der Waals surface area contributed by atoms with Crippen molar-refractivity contribution in [1.29, 1.82) is 0 Å². The molecule has 0 aromatic carbocycles. The Morgan fingerprint density at radius 1 is 1.27 bits per heavy atom. The molecule has 2 heterocycles. The number of amidine groups is 1. The smallest absolute Gasteiger partial charge is 0.231 e. The van der Waals surface area contributed by atoms with Gasteiger partial charge >= 0.3 is 0 Å². The standard InChI is InChI=1S/C17H23N3OS/c1-11-8-9-18-12(2)14(11)10-22-17-19-15-7-5-3-4-6-13(15)16(21)20-17/h8-9,13,15H,3-7,10H2,1-2H3,(H,19,20,21). The number of amides is 1. The second-order valence-corrected chi connectivity index (χ2v) is 7.18. The zero-order chi connectivity index (χ0) is 15.5. The van der Waals surface area contributed by atoms with Crippen LogP contribution in [0.3, 0.4) is 0 Å². The minimum Gasteiger partial charge on any atom is -0.305 e. The molecule has 5 heteroatoms. The lowest BCUT2D eigenvalue weighted by atomic mass is 9.93. The third-order valence-corrected chi connectivity index (χ3v) is 5.60. The largest absolute Gasteiger partial charge is 0.305 e. The van der Waals surface area contributed by atoms with Crippen LogP contribution in [0.15, 0.2) is 17.3 Å². The molecule has 1 saturated carbocycles. The number of carbonyl (C=O) groups excluding carboxylic acids is 1. The van der Waals surface area contributed by atoms with Gasteiger partial charge in [-0.2, -0.15) is 0 Å². The second-order valence-electron chi connectivity index (χ2n) is 6.22. The van der Waals surface area contributed by atoms with E-state index in [1.807, 2.05) is 19.2 Å². The van der Waals surface area contributed by atoms with E-state index in [2.05, 4.69) is 17.2 Å². The molecule has 0 bridgehead atoms. The number of aliphatic imine (C=N–C) groups is 1. The Bertz CT molecular complexity index is 579. The summed E-state index contributed by atoms with van der Waals surface area (Å²) in [6, 6.07) is 2.22. The molecule has 1 aliphatic heterocycles. The quantitative estimate of drug-likeness (QED) is 0.910. The van der Waals surface area contributed by atoms with Gasteiger partial charge in [0, 0.05) is 17.6 Å². The molecular formula is C17H23N3OS. The number of thioether (sulfide) groups is 1. The number of aryl methyl sites for hydroxylation is 2. The minimum atomic E-state index is 0.0914. The van der Waals surface area contributed by atoms with E-state index < -0.39 is 0 Å². The molecule has 0 spiro atoms. The SMILES string of the molecule is Cc1ccnc(C)c1CSC1=NC2CCCCCC2C(=O)N1. The lowest BCUT2D eigenvalue weighted by molar-refractivity contribution is -0.124. The lowest BCUT2D eigenvalue weighted by Gasteiger charge is -2.27. The molecule has 2 atom stereocenters. The summed E-state index contributed by atoms with van der Waals surface area (Å²) in [5, 5.41) is 3.79. The van der Waals surface area contributed by atoms with Crippen molar-refractivity contribution < 1.29 is 4.79 Å². The number of nitrogens with zero attached hydrogens (tertiary/aromatic N) is 2. The van der Waals surface area contributed by atoms with Crippen molar-refractivity contribution >= 4 is 22.8 Å². The van der Waals surface area contributed by atoms with Crippen LogP contribution in [0.1, 0.15) is 48.9 Å². The van der Waals surface area contributed by atoms with E-state index in [0.717, 1.165) is 35.9 Å². The van der Waals surface area contributed by atoms with E-state index in [4.69, 9.17) is 4.99 Å². The Hall–Kier alpha value is -1.36. The third-order valence-electron chi connectivity index (χ3n) is 4.69. The molecule has 1 fully saturated rings. The second kappa shape index (κ2) is 6.82. The van der Waals surface area contributed by atoms with Crippen molar-refractivity contribution in [2.24, 2.45) is 10.9 Å². The minimum absolute atomic E-state index is 0.0914. The zero-order valence-electron chi connectivity index (χ0n) is 13.3. The maximum absolute atomic E-state index is 12.3. The van der Waals surface area contributed by atoms with Gasteiger partial charge in [-0.05, 0) is 43.9 Å². The first kappa shape index (κ1) is 15.5. The number of fused-ring (bicyclic) bond motifs is 1. The van der Waals surface area contributed by atoms with Crippen LogP contribution in [0.25, 0.3) is 0 Å². The summed E-state index contributed by atoms with van der Waals surface area (Å²) in [4.78, 5) is 21.5. The number of rotatable bonds is 2. The first-order valence-electron chi connectivity index (χ1n) is 8.07. The highest BCUT2D eigenvalue weighted by molar-refractivity contribution is 8.13. The van der Waals surface area contributed by atoms with Gasteiger partial charge in [0.1, 0.15) is 0 Å². The highest BCUT2D eigenvalue weighted by Crippen LogP contribution is 2.30. The predicted molar refractivity (Wildman–Crippen MR) is 90.9 cm³/mol. The van der Waals surface area contributed by atoms with Crippen LogP contribution in [0, 0.1) is 19.8 Å². The molecule has 3 rings (SSSR count). The van der Waals surface area contributed by atoms with Crippen molar-refractivity contribution in [3.63, 3.8) is 0 Å². The van der Waals surface area contributed by atoms with Crippen LogP contribution < -0.4 is 5.32 Å². The molecule has 118 valence electrons. The molecular weight excluding hydrogens is 294 g/mol. The molecule has 1 aliphatic carbocycles. The highest BCUT2D eigenvalue weighted by Gasteiger charge is 2.33. The summed E-state index contributed by atoms with van der Waals surface area (Å²) in [6.45, 7) is 4.14. The molecule has 1 aromatic heterocycles. The Morgan fingerprint density at radius 3 is 2.91 bits per heavy atom. The molecule has 2 unspecified atom stereocenters. The van der Waals surface area contributed by atoms with Crippen LogP contribution in [0.5, 0.6) is 0 Å². The van der Waals surface area contributed by atoms with Crippen molar-refractivity contribution in [1.82, 2.24) is 10.3 Å². The van der Waals surface area contributed by atoms with Gasteiger partial charge in [0.15, 0.2) is 5.17 Å². The zero-order valence-corrected chi connectivity index (χ0v) is 14.1. The summed E-state index contributed by atoms with van der Waals surface area (Å²) in [7, 11) is 0. The molecule has 1 aromatic rings. The monoisotopic (exact) mass is 317 g/mol. The van der Waals surface area contributed by atoms with Gasteiger partial charge in [-0.25, -0.2) is 0 Å². The lowest BCUT2D eigenvalue weighted by Crippen LogP contribution is -2.44. The fourth-order valence-corrected chi connectivity index (χ4v) is 4.39. The Balaban J connectivity index is 1.71. The average molecular weight is 317 g/mol. The van der Waals surface area contributed by atoms with Crippen molar-refractivity contribution in [3.05, 3.63) is 29.1 Å². The van der Waals surface area contributed by atoms with Crippen LogP contribution in [-0.4, -0.2) is 22.1 Å². The maximum atomic E-state index is 12.3. The van der Waals surface area contributed by atoms with Gasteiger partial charge in [-0.15, -0.1) is 0 Å². The molecule has 22 heavy (non-hydrogen) atoms. The van der Waals surface area contributed by atoms with Crippen molar-refractivity contribution in [2.75, 3.05) is 0 Å². The van der Waals surface area contributed by atoms with Gasteiger partial charge < -0.3 is 5.32 Å². The van der Waals surface area contributed by atoms with Crippen LogP contribution >= 0.6 is 11.8 Å². The van der Waals surface area contributed by atoms with Gasteiger partial charge in [-0.1, -0.05) is 31.0 Å². The Morgan fingerprint density at radius 2 is 2.09 bits per heavy atom. The first-order chi connectivity index (χ1) is 10.6. The topological polar surface area (TPSA) is 54.4 Å². The number of nitrogens with one attached hydrogen (secondary N) is 1. The van der Waals surface area contributed by atoms with Crippen molar-refractivity contribution in [2.45, 2.75) is 57.7 Å². The Labute approximate surface area is 136 Å². The highest BCUT2D eigenvalue weighted by atomic mass is 32.2. The molecule has 4 nitrogen and oxygen atoms in total. The van der Waals surface area contributed by atoms with Crippen LogP contribution in [-0.2, 0) is 10.5 Å². The fourth-order valence-electron chi connectivity index (χ4n) is 3.29. The van der Waals surface area contributed by atoms with E-state index in [-0.39, 0.29) is 17.9 Å². The number of aromatic nitrogens is 1.